The first kappa shape index (κ1) is 18.8. The quantitative estimate of drug-likeness (QED) is 0.472. The normalized spacial score (nSPS) is 12.1. The van der Waals surface area contributed by atoms with Crippen molar-refractivity contribution in [3.05, 3.63) is 30.0 Å². The summed E-state index contributed by atoms with van der Waals surface area (Å²) in [5.41, 5.74) is 7.49. The number of hydrogen-bond donors (Lipinski definition) is 3. The van der Waals surface area contributed by atoms with Crippen LogP contribution in [0.4, 0.5) is 0 Å². The van der Waals surface area contributed by atoms with Crippen molar-refractivity contribution in [3.8, 4) is 5.75 Å². The number of ether oxygens (including phenoxy) is 2. The number of fused-ring (bicyclic) bond motifs is 1. The Morgan fingerprint density at radius 3 is 2.84 bits per heavy atom. The van der Waals surface area contributed by atoms with Gasteiger partial charge in [0.25, 0.3) is 0 Å². The van der Waals surface area contributed by atoms with Crippen molar-refractivity contribution in [2.75, 3.05) is 13.2 Å². The Kier molecular flexibility index (Phi) is 6.82. The first-order valence-electron chi connectivity index (χ1n) is 8.38. The number of esters is 2. The van der Waals surface area contributed by atoms with Gasteiger partial charge in [-0.15, -0.1) is 0 Å². The molecule has 0 radical (unpaired) electrons. The Balaban J connectivity index is 1.81. The second-order valence-electron chi connectivity index (χ2n) is 5.89. The Labute approximate surface area is 146 Å². The highest BCUT2D eigenvalue weighted by Crippen LogP contribution is 2.23. The molecule has 7 nitrogen and oxygen atoms in total. The van der Waals surface area contributed by atoms with E-state index in [4.69, 9.17) is 15.2 Å². The number of unbranched alkanes of at least 4 members (excludes halogenated alkanes) is 2. The summed E-state index contributed by atoms with van der Waals surface area (Å²) < 4.78 is 9.87. The third-order valence-electron chi connectivity index (χ3n) is 3.84. The van der Waals surface area contributed by atoms with E-state index < -0.39 is 24.6 Å². The number of rotatable bonds is 9. The maximum absolute atomic E-state index is 11.9. The standard InChI is InChI=1S/C18H24N2O5/c1-2-3-4-7-24-17(22)11-25-18(23)15(19)8-12-10-20-16-6-5-13(21)9-14(12)16/h5-6,9-10,15,20-21H,2-4,7-8,11,19H2,1H3. The van der Waals surface area contributed by atoms with Gasteiger partial charge in [-0.3, -0.25) is 4.79 Å². The zero-order valence-electron chi connectivity index (χ0n) is 14.3. The molecule has 4 N–H and O–H groups in total. The summed E-state index contributed by atoms with van der Waals surface area (Å²) >= 11 is 0. The first-order valence-corrected chi connectivity index (χ1v) is 8.38. The van der Waals surface area contributed by atoms with Gasteiger partial charge in [-0.25, -0.2) is 4.79 Å². The lowest BCUT2D eigenvalue weighted by molar-refractivity contribution is -0.159. The fourth-order valence-electron chi connectivity index (χ4n) is 2.47. The van der Waals surface area contributed by atoms with Crippen LogP contribution in [-0.4, -0.2) is 41.3 Å². The van der Waals surface area contributed by atoms with Crippen molar-refractivity contribution < 1.29 is 24.2 Å². The van der Waals surface area contributed by atoms with Gasteiger partial charge in [0.1, 0.15) is 11.8 Å². The van der Waals surface area contributed by atoms with Gasteiger partial charge in [-0.05, 0) is 30.2 Å². The van der Waals surface area contributed by atoms with Crippen molar-refractivity contribution in [1.82, 2.24) is 4.98 Å². The molecule has 0 bridgehead atoms. The number of phenolic OH excluding ortho intramolecular Hbond substituents is 1. The van der Waals surface area contributed by atoms with Crippen LogP contribution in [0.2, 0.25) is 0 Å². The van der Waals surface area contributed by atoms with Gasteiger partial charge in [0.05, 0.1) is 6.61 Å². The number of benzene rings is 1. The second kappa shape index (κ2) is 9.08. The molecule has 0 saturated heterocycles. The minimum atomic E-state index is -0.908. The maximum Gasteiger partial charge on any atom is 0.344 e. The Morgan fingerprint density at radius 2 is 2.08 bits per heavy atom. The minimum Gasteiger partial charge on any atom is -0.508 e. The number of nitrogens with two attached hydrogens (primary N) is 1. The smallest absolute Gasteiger partial charge is 0.344 e. The molecule has 1 aromatic heterocycles. The van der Waals surface area contributed by atoms with Crippen molar-refractivity contribution in [2.24, 2.45) is 5.73 Å². The van der Waals surface area contributed by atoms with E-state index >= 15 is 0 Å². The van der Waals surface area contributed by atoms with Crippen LogP contribution < -0.4 is 5.73 Å². The number of aromatic amines is 1. The molecular weight excluding hydrogens is 324 g/mol. The van der Waals surface area contributed by atoms with E-state index in [1.807, 2.05) is 0 Å². The monoisotopic (exact) mass is 348 g/mol. The predicted molar refractivity (Wildman–Crippen MR) is 93.1 cm³/mol. The van der Waals surface area contributed by atoms with Crippen LogP contribution >= 0.6 is 0 Å². The van der Waals surface area contributed by atoms with Crippen LogP contribution in [0.5, 0.6) is 5.75 Å². The van der Waals surface area contributed by atoms with E-state index in [1.54, 1.807) is 24.4 Å². The summed E-state index contributed by atoms with van der Waals surface area (Å²) in [6.07, 6.45) is 4.78. The zero-order chi connectivity index (χ0) is 18.2. The number of phenols is 1. The van der Waals surface area contributed by atoms with Crippen molar-refractivity contribution in [1.29, 1.82) is 0 Å². The van der Waals surface area contributed by atoms with Gasteiger partial charge in [0.2, 0.25) is 0 Å². The molecule has 1 heterocycles. The lowest BCUT2D eigenvalue weighted by Crippen LogP contribution is -2.35. The molecule has 1 atom stereocenters. The number of carbonyl (C=O) groups excluding carboxylic acids is 2. The average Bonchev–Trinajstić information content (AvgIpc) is 2.98. The molecular formula is C18H24N2O5. The lowest BCUT2D eigenvalue weighted by atomic mass is 10.1. The van der Waals surface area contributed by atoms with E-state index in [-0.39, 0.29) is 12.2 Å². The summed E-state index contributed by atoms with van der Waals surface area (Å²) in [4.78, 5) is 26.5. The third kappa shape index (κ3) is 5.49. The Morgan fingerprint density at radius 1 is 1.28 bits per heavy atom. The molecule has 0 aliphatic carbocycles. The first-order chi connectivity index (χ1) is 12.0. The number of aromatic hydroxyl groups is 1. The molecule has 0 fully saturated rings. The summed E-state index contributed by atoms with van der Waals surface area (Å²) in [5, 5.41) is 10.4. The number of carbonyl (C=O) groups is 2. The van der Waals surface area contributed by atoms with Crippen LogP contribution in [0.1, 0.15) is 31.7 Å². The highest BCUT2D eigenvalue weighted by atomic mass is 16.6. The molecule has 0 saturated carbocycles. The summed E-state index contributed by atoms with van der Waals surface area (Å²) in [6.45, 7) is 1.95. The third-order valence-corrected chi connectivity index (χ3v) is 3.84. The molecule has 0 aliphatic heterocycles. The summed E-state index contributed by atoms with van der Waals surface area (Å²) in [7, 11) is 0. The zero-order valence-corrected chi connectivity index (χ0v) is 14.3. The van der Waals surface area contributed by atoms with E-state index in [1.165, 1.54) is 0 Å². The lowest BCUT2D eigenvalue weighted by Gasteiger charge is -2.11. The van der Waals surface area contributed by atoms with Gasteiger partial charge < -0.3 is 25.3 Å². The van der Waals surface area contributed by atoms with Gasteiger partial charge in [-0.1, -0.05) is 19.8 Å². The SMILES string of the molecule is CCCCCOC(=O)COC(=O)C(N)Cc1c[nH]c2ccc(O)cc12. The number of hydrogen-bond acceptors (Lipinski definition) is 6. The van der Waals surface area contributed by atoms with Crippen LogP contribution in [0.15, 0.2) is 24.4 Å². The molecule has 2 rings (SSSR count). The van der Waals surface area contributed by atoms with Crippen LogP contribution in [0.3, 0.4) is 0 Å². The minimum absolute atomic E-state index is 0.135. The van der Waals surface area contributed by atoms with Crippen molar-refractivity contribution in [3.63, 3.8) is 0 Å². The van der Waals surface area contributed by atoms with Gasteiger partial charge >= 0.3 is 11.9 Å². The second-order valence-corrected chi connectivity index (χ2v) is 5.89. The molecule has 7 heteroatoms. The summed E-state index contributed by atoms with van der Waals surface area (Å²) in [5.74, 6) is -1.11. The van der Waals surface area contributed by atoms with Crippen molar-refractivity contribution >= 4 is 22.8 Å². The van der Waals surface area contributed by atoms with E-state index in [2.05, 4.69) is 11.9 Å². The molecule has 1 aromatic carbocycles. The number of H-pyrrole nitrogens is 1. The number of nitrogens with one attached hydrogen (secondary N) is 1. The van der Waals surface area contributed by atoms with Gasteiger partial charge in [-0.2, -0.15) is 0 Å². The van der Waals surface area contributed by atoms with E-state index in [0.717, 1.165) is 35.7 Å². The van der Waals surface area contributed by atoms with E-state index in [9.17, 15) is 14.7 Å². The molecule has 25 heavy (non-hydrogen) atoms. The summed E-state index contributed by atoms with van der Waals surface area (Å²) in [6, 6.07) is 4.01. The molecule has 0 spiro atoms. The van der Waals surface area contributed by atoms with Gasteiger partial charge in [0, 0.05) is 23.5 Å². The topological polar surface area (TPSA) is 115 Å². The Hall–Kier alpha value is -2.54. The fraction of sp³-hybridized carbons (Fsp3) is 0.444. The van der Waals surface area contributed by atoms with E-state index in [0.29, 0.717) is 6.61 Å². The largest absolute Gasteiger partial charge is 0.508 e. The van der Waals surface area contributed by atoms with Crippen molar-refractivity contribution in [2.45, 2.75) is 38.6 Å². The molecule has 0 amide bonds. The highest BCUT2D eigenvalue weighted by Gasteiger charge is 2.19. The maximum atomic E-state index is 11.9. The van der Waals surface area contributed by atoms with Crippen LogP contribution in [0.25, 0.3) is 10.9 Å². The predicted octanol–water partition coefficient (Wildman–Crippen LogP) is 2.02. The van der Waals surface area contributed by atoms with Crippen LogP contribution in [0, 0.1) is 0 Å². The number of aromatic nitrogens is 1. The molecule has 136 valence electrons. The fourth-order valence-corrected chi connectivity index (χ4v) is 2.47. The van der Waals surface area contributed by atoms with Gasteiger partial charge in [0.15, 0.2) is 6.61 Å². The Bertz CT molecular complexity index is 725. The highest BCUT2D eigenvalue weighted by molar-refractivity contribution is 5.86. The average molecular weight is 348 g/mol. The molecule has 0 aliphatic rings. The molecule has 2 aromatic rings. The van der Waals surface area contributed by atoms with Crippen LogP contribution in [-0.2, 0) is 25.5 Å². The molecule has 1 unspecified atom stereocenters.